The van der Waals surface area contributed by atoms with Crippen LogP contribution in [-0.4, -0.2) is 45.8 Å². The van der Waals surface area contributed by atoms with Crippen LogP contribution in [-0.2, 0) is 17.9 Å². The van der Waals surface area contributed by atoms with E-state index in [-0.39, 0.29) is 11.9 Å². The Labute approximate surface area is 185 Å². The van der Waals surface area contributed by atoms with Crippen LogP contribution in [0.2, 0.25) is 0 Å². The first-order valence-electron chi connectivity index (χ1n) is 10.1. The molecule has 0 spiro atoms. The van der Waals surface area contributed by atoms with E-state index in [4.69, 9.17) is 0 Å². The average Bonchev–Trinajstić information content (AvgIpc) is 3.23. The third-order valence-electron chi connectivity index (χ3n) is 5.64. The largest absolute Gasteiger partial charge is 0.350 e. The summed E-state index contributed by atoms with van der Waals surface area (Å²) < 4.78 is 15.0. The van der Waals surface area contributed by atoms with E-state index in [1.165, 1.54) is 12.1 Å². The third kappa shape index (κ3) is 3.85. The molecule has 1 amide bonds. The Morgan fingerprint density at radius 3 is 2.81 bits per heavy atom. The van der Waals surface area contributed by atoms with Crippen molar-refractivity contribution in [2.45, 2.75) is 33.0 Å². The lowest BCUT2D eigenvalue weighted by Gasteiger charge is -2.37. The van der Waals surface area contributed by atoms with E-state index in [9.17, 15) is 14.4 Å². The molecule has 9 nitrogen and oxygen atoms in total. The number of benzene rings is 1. The maximum atomic E-state index is 13.3. The number of aromatic nitrogens is 4. The van der Waals surface area contributed by atoms with Crippen molar-refractivity contribution in [3.8, 4) is 6.07 Å². The summed E-state index contributed by atoms with van der Waals surface area (Å²) >= 11 is 0. The lowest BCUT2D eigenvalue weighted by molar-refractivity contribution is -0.119. The van der Waals surface area contributed by atoms with Crippen molar-refractivity contribution in [2.24, 2.45) is 0 Å². The monoisotopic (exact) mass is 434 g/mol. The number of anilines is 3. The molecule has 1 aliphatic heterocycles. The topological polar surface area (TPSA) is 103 Å². The van der Waals surface area contributed by atoms with Crippen molar-refractivity contribution in [1.29, 1.82) is 5.26 Å². The summed E-state index contributed by atoms with van der Waals surface area (Å²) in [7, 11) is 3.58. The molecule has 164 valence electrons. The number of rotatable bonds is 5. The van der Waals surface area contributed by atoms with Gasteiger partial charge in [0.25, 0.3) is 0 Å². The van der Waals surface area contributed by atoms with Gasteiger partial charge in [0.2, 0.25) is 11.9 Å². The lowest BCUT2D eigenvalue weighted by Crippen LogP contribution is -2.49. The van der Waals surface area contributed by atoms with E-state index in [2.05, 4.69) is 20.4 Å². The molecule has 3 heterocycles. The fourth-order valence-electron chi connectivity index (χ4n) is 3.74. The van der Waals surface area contributed by atoms with Crippen molar-refractivity contribution >= 4 is 23.4 Å². The molecule has 0 fully saturated rings. The molecule has 32 heavy (non-hydrogen) atoms. The van der Waals surface area contributed by atoms with E-state index in [0.29, 0.717) is 47.4 Å². The third-order valence-corrected chi connectivity index (χ3v) is 5.64. The van der Waals surface area contributed by atoms with Crippen molar-refractivity contribution < 1.29 is 9.18 Å². The Bertz CT molecular complexity index is 1230. The fourth-order valence-corrected chi connectivity index (χ4v) is 3.74. The number of aryl methyl sites for hydroxylation is 1. The van der Waals surface area contributed by atoms with Crippen LogP contribution < -0.4 is 15.1 Å². The zero-order chi connectivity index (χ0) is 23.0. The van der Waals surface area contributed by atoms with Crippen LogP contribution in [0, 0.1) is 24.1 Å². The number of hydrogen-bond acceptors (Lipinski definition) is 7. The fraction of sp³-hybridized carbons (Fsp3) is 0.318. The smallest absolute Gasteiger partial charge is 0.249 e. The predicted octanol–water partition coefficient (Wildman–Crippen LogP) is 2.45. The highest BCUT2D eigenvalue weighted by Gasteiger charge is 2.34. The molecular weight excluding hydrogens is 411 g/mol. The molecule has 1 aromatic carbocycles. The highest BCUT2D eigenvalue weighted by Crippen LogP contribution is 2.35. The normalized spacial score (nSPS) is 15.5. The van der Waals surface area contributed by atoms with Crippen LogP contribution in [0.5, 0.6) is 0 Å². The Balaban J connectivity index is 1.49. The van der Waals surface area contributed by atoms with Gasteiger partial charge in [0, 0.05) is 32.4 Å². The maximum Gasteiger partial charge on any atom is 0.249 e. The molecule has 2 aromatic heterocycles. The van der Waals surface area contributed by atoms with E-state index < -0.39 is 5.82 Å². The molecule has 0 aliphatic carbocycles. The van der Waals surface area contributed by atoms with E-state index in [1.54, 1.807) is 28.9 Å². The number of likely N-dealkylation sites (N-methyl/N-ethyl adjacent to an activating group) is 2. The maximum absolute atomic E-state index is 13.3. The first kappa shape index (κ1) is 21.2. The van der Waals surface area contributed by atoms with Crippen LogP contribution in [0.4, 0.5) is 21.8 Å². The summed E-state index contributed by atoms with van der Waals surface area (Å²) in [5.41, 5.74) is 3.31. The molecule has 1 N–H and O–H groups in total. The van der Waals surface area contributed by atoms with Crippen molar-refractivity contribution in [3.05, 3.63) is 58.8 Å². The Morgan fingerprint density at radius 1 is 1.28 bits per heavy atom. The Kier molecular flexibility index (Phi) is 5.48. The van der Waals surface area contributed by atoms with E-state index >= 15 is 0 Å². The summed E-state index contributed by atoms with van der Waals surface area (Å²) in [4.78, 5) is 25.0. The summed E-state index contributed by atoms with van der Waals surface area (Å²) in [6.07, 6.45) is 3.57. The summed E-state index contributed by atoms with van der Waals surface area (Å²) in [5, 5.41) is 16.8. The van der Waals surface area contributed by atoms with Gasteiger partial charge in [-0.15, -0.1) is 0 Å². The van der Waals surface area contributed by atoms with Crippen LogP contribution in [0.1, 0.15) is 29.3 Å². The molecule has 4 rings (SSSR count). The second-order valence-electron chi connectivity index (χ2n) is 7.80. The summed E-state index contributed by atoms with van der Waals surface area (Å²) in [5.74, 6) is 0.721. The highest BCUT2D eigenvalue weighted by atomic mass is 19.1. The van der Waals surface area contributed by atoms with Gasteiger partial charge >= 0.3 is 0 Å². The van der Waals surface area contributed by atoms with Gasteiger partial charge in [0.15, 0.2) is 5.82 Å². The molecule has 0 saturated carbocycles. The first-order valence-corrected chi connectivity index (χ1v) is 10.1. The molecule has 0 unspecified atom stereocenters. The number of nitrogens with one attached hydrogen (secondary N) is 1. The number of nitriles is 1. The zero-order valence-corrected chi connectivity index (χ0v) is 18.3. The van der Waals surface area contributed by atoms with Gasteiger partial charge in [-0.05, 0) is 31.5 Å². The predicted molar refractivity (Wildman–Crippen MR) is 118 cm³/mol. The van der Waals surface area contributed by atoms with Crippen LogP contribution in [0.3, 0.4) is 0 Å². The van der Waals surface area contributed by atoms with Gasteiger partial charge in [0.1, 0.15) is 17.5 Å². The van der Waals surface area contributed by atoms with Crippen LogP contribution >= 0.6 is 0 Å². The number of hydrogen-bond donors (Lipinski definition) is 1. The molecular formula is C22H23FN8O. The summed E-state index contributed by atoms with van der Waals surface area (Å²) in [6, 6.07) is 5.86. The molecule has 10 heteroatoms. The number of amides is 1. The minimum atomic E-state index is -0.438. The highest BCUT2D eigenvalue weighted by molar-refractivity contribution is 6.04. The molecule has 1 aliphatic rings. The number of halogens is 1. The number of carbonyl (C=O) groups excluding carboxylic acids is 1. The number of carbonyl (C=O) groups is 1. The van der Waals surface area contributed by atoms with Gasteiger partial charge in [-0.3, -0.25) is 9.48 Å². The van der Waals surface area contributed by atoms with E-state index in [0.717, 1.165) is 5.56 Å². The molecule has 1 atom stereocenters. The summed E-state index contributed by atoms with van der Waals surface area (Å²) in [6.45, 7) is 4.51. The van der Waals surface area contributed by atoms with Crippen LogP contribution in [0.25, 0.3) is 0 Å². The number of fused-ring (bicyclic) bond motifs is 1. The second-order valence-corrected chi connectivity index (χ2v) is 7.80. The minimum Gasteiger partial charge on any atom is -0.350 e. The average molecular weight is 434 g/mol. The first-order chi connectivity index (χ1) is 15.3. The lowest BCUT2D eigenvalue weighted by atomic mass is 10.1. The quantitative estimate of drug-likeness (QED) is 0.658. The van der Waals surface area contributed by atoms with Gasteiger partial charge in [0.05, 0.1) is 30.1 Å². The van der Waals surface area contributed by atoms with Gasteiger partial charge in [-0.2, -0.15) is 15.3 Å². The van der Waals surface area contributed by atoms with Crippen molar-refractivity contribution in [1.82, 2.24) is 19.7 Å². The SMILES string of the molecule is Cc1nc(NCc2cnn(Cc3ccc(F)cc3C#N)c2)nc2c1N(C)C(=O)[C@H](C)N2C. The Morgan fingerprint density at radius 2 is 2.06 bits per heavy atom. The zero-order valence-electron chi connectivity index (χ0n) is 18.3. The molecule has 0 bridgehead atoms. The van der Waals surface area contributed by atoms with Crippen molar-refractivity contribution in [2.75, 3.05) is 29.2 Å². The van der Waals surface area contributed by atoms with E-state index in [1.807, 2.05) is 38.1 Å². The van der Waals surface area contributed by atoms with Crippen LogP contribution in [0.15, 0.2) is 30.6 Å². The Hall–Kier alpha value is -4.00. The molecule has 3 aromatic rings. The van der Waals surface area contributed by atoms with Gasteiger partial charge < -0.3 is 15.1 Å². The number of nitrogens with zero attached hydrogens (tertiary/aromatic N) is 7. The van der Waals surface area contributed by atoms with Gasteiger partial charge in [-0.1, -0.05) is 6.07 Å². The second kappa shape index (κ2) is 8.26. The standard InChI is InChI=1S/C22H23FN8O/c1-13-19-20(29(3)14(2)21(32)30(19)4)28-22(27-13)25-9-15-10-26-31(11-15)12-16-5-6-18(23)7-17(16)8-24/h5-7,10-11,14H,9,12H2,1-4H3,(H,25,27,28)/t14-/m0/s1. The molecule has 0 radical (unpaired) electrons. The molecule has 0 saturated heterocycles. The van der Waals surface area contributed by atoms with Crippen molar-refractivity contribution in [3.63, 3.8) is 0 Å². The van der Waals surface area contributed by atoms with Gasteiger partial charge in [-0.25, -0.2) is 9.37 Å². The minimum absolute atomic E-state index is 0.000494.